The number of tetrazole rings is 1. The van der Waals surface area contributed by atoms with Crippen LogP contribution in [-0.2, 0) is 6.54 Å². The number of aromatic nitrogens is 4. The van der Waals surface area contributed by atoms with E-state index in [1.807, 2.05) is 16.8 Å². The van der Waals surface area contributed by atoms with Gasteiger partial charge in [-0.3, -0.25) is 0 Å². The molecule has 0 amide bonds. The zero-order valence-corrected chi connectivity index (χ0v) is 11.9. The highest BCUT2D eigenvalue weighted by molar-refractivity contribution is 9.10. The molecule has 1 heterocycles. The summed E-state index contributed by atoms with van der Waals surface area (Å²) in [4.78, 5) is 0. The SMILES string of the molecule is Cc1cc(Br)ccc1-c1nnnn1CCCCN. The number of halogens is 1. The Hall–Kier alpha value is -1.27. The van der Waals surface area contributed by atoms with Crippen LogP contribution in [-0.4, -0.2) is 26.8 Å². The summed E-state index contributed by atoms with van der Waals surface area (Å²) >= 11 is 3.46. The van der Waals surface area contributed by atoms with Crippen molar-refractivity contribution in [2.45, 2.75) is 26.3 Å². The van der Waals surface area contributed by atoms with Crippen molar-refractivity contribution in [3.8, 4) is 11.4 Å². The molecule has 96 valence electrons. The third kappa shape index (κ3) is 2.94. The molecule has 0 aliphatic carbocycles. The van der Waals surface area contributed by atoms with E-state index in [0.717, 1.165) is 40.8 Å². The summed E-state index contributed by atoms with van der Waals surface area (Å²) in [5.74, 6) is 0.817. The van der Waals surface area contributed by atoms with Crippen LogP contribution in [0, 0.1) is 6.92 Å². The summed E-state index contributed by atoms with van der Waals surface area (Å²) in [6.07, 6.45) is 1.97. The number of unbranched alkanes of at least 4 members (excludes halogenated alkanes) is 1. The number of hydrogen-bond acceptors (Lipinski definition) is 4. The Morgan fingerprint density at radius 1 is 1.33 bits per heavy atom. The van der Waals surface area contributed by atoms with E-state index in [4.69, 9.17) is 5.73 Å². The summed E-state index contributed by atoms with van der Waals surface area (Å²) in [6.45, 7) is 3.56. The lowest BCUT2D eigenvalue weighted by Crippen LogP contribution is -2.06. The normalized spacial score (nSPS) is 10.8. The van der Waals surface area contributed by atoms with E-state index < -0.39 is 0 Å². The molecule has 0 fully saturated rings. The van der Waals surface area contributed by atoms with Crippen LogP contribution in [0.15, 0.2) is 22.7 Å². The minimum Gasteiger partial charge on any atom is -0.330 e. The summed E-state index contributed by atoms with van der Waals surface area (Å²) in [6, 6.07) is 6.10. The first-order valence-corrected chi connectivity index (χ1v) is 6.74. The van der Waals surface area contributed by atoms with E-state index in [-0.39, 0.29) is 0 Å². The lowest BCUT2D eigenvalue weighted by molar-refractivity contribution is 0.548. The van der Waals surface area contributed by atoms with Crippen molar-refractivity contribution in [1.82, 2.24) is 20.2 Å². The molecule has 1 aromatic heterocycles. The van der Waals surface area contributed by atoms with Crippen LogP contribution in [0.2, 0.25) is 0 Å². The lowest BCUT2D eigenvalue weighted by Gasteiger charge is -2.07. The van der Waals surface area contributed by atoms with Crippen LogP contribution in [0.5, 0.6) is 0 Å². The van der Waals surface area contributed by atoms with Gasteiger partial charge in [0.25, 0.3) is 0 Å². The topological polar surface area (TPSA) is 69.6 Å². The molecule has 0 radical (unpaired) electrons. The molecule has 0 bridgehead atoms. The van der Waals surface area contributed by atoms with Crippen LogP contribution >= 0.6 is 15.9 Å². The first-order chi connectivity index (χ1) is 8.72. The Bertz CT molecular complexity index is 523. The Morgan fingerprint density at radius 3 is 2.89 bits per heavy atom. The molecule has 0 saturated heterocycles. The van der Waals surface area contributed by atoms with Crippen molar-refractivity contribution in [2.24, 2.45) is 5.73 Å². The van der Waals surface area contributed by atoms with Gasteiger partial charge in [-0.25, -0.2) is 4.68 Å². The maximum atomic E-state index is 5.49. The Balaban J connectivity index is 2.25. The van der Waals surface area contributed by atoms with Gasteiger partial charge in [0.05, 0.1) is 0 Å². The molecule has 1 aromatic carbocycles. The van der Waals surface area contributed by atoms with Crippen molar-refractivity contribution in [1.29, 1.82) is 0 Å². The number of rotatable bonds is 5. The van der Waals surface area contributed by atoms with E-state index >= 15 is 0 Å². The summed E-state index contributed by atoms with van der Waals surface area (Å²) in [7, 11) is 0. The van der Waals surface area contributed by atoms with Crippen LogP contribution in [0.25, 0.3) is 11.4 Å². The van der Waals surface area contributed by atoms with Gasteiger partial charge in [-0.1, -0.05) is 15.9 Å². The zero-order chi connectivity index (χ0) is 13.0. The molecular formula is C12H16BrN5. The summed E-state index contributed by atoms with van der Waals surface area (Å²) < 4.78 is 2.90. The van der Waals surface area contributed by atoms with Gasteiger partial charge >= 0.3 is 0 Å². The molecule has 6 heteroatoms. The van der Waals surface area contributed by atoms with E-state index in [9.17, 15) is 0 Å². The number of nitrogens with zero attached hydrogens (tertiary/aromatic N) is 4. The van der Waals surface area contributed by atoms with E-state index in [1.54, 1.807) is 0 Å². The van der Waals surface area contributed by atoms with Gasteiger partial charge in [-0.2, -0.15) is 0 Å². The van der Waals surface area contributed by atoms with Crippen LogP contribution in [0.4, 0.5) is 0 Å². The predicted octanol–water partition coefficient (Wildman–Crippen LogP) is 2.15. The molecule has 5 nitrogen and oxygen atoms in total. The summed E-state index contributed by atoms with van der Waals surface area (Å²) in [5.41, 5.74) is 7.71. The molecule has 0 spiro atoms. The third-order valence-electron chi connectivity index (χ3n) is 2.79. The van der Waals surface area contributed by atoms with Gasteiger partial charge in [0.1, 0.15) is 0 Å². The van der Waals surface area contributed by atoms with Gasteiger partial charge in [0, 0.05) is 16.6 Å². The van der Waals surface area contributed by atoms with Crippen molar-refractivity contribution in [2.75, 3.05) is 6.54 Å². The second-order valence-electron chi connectivity index (χ2n) is 4.18. The number of nitrogens with two attached hydrogens (primary N) is 1. The minimum absolute atomic E-state index is 0.703. The van der Waals surface area contributed by atoms with Gasteiger partial charge in [-0.15, -0.1) is 5.10 Å². The minimum atomic E-state index is 0.703. The summed E-state index contributed by atoms with van der Waals surface area (Å²) in [5, 5.41) is 11.9. The van der Waals surface area contributed by atoms with Crippen molar-refractivity contribution >= 4 is 15.9 Å². The molecule has 2 rings (SSSR count). The third-order valence-corrected chi connectivity index (χ3v) is 3.28. The van der Waals surface area contributed by atoms with Gasteiger partial charge < -0.3 is 5.73 Å². The molecule has 0 unspecified atom stereocenters. The lowest BCUT2D eigenvalue weighted by atomic mass is 10.1. The standard InChI is InChI=1S/C12H16BrN5/c1-9-8-10(13)4-5-11(9)12-15-16-17-18(12)7-3-2-6-14/h4-5,8H,2-3,6-7,14H2,1H3. The van der Waals surface area contributed by atoms with Crippen LogP contribution in [0.3, 0.4) is 0 Å². The number of hydrogen-bond donors (Lipinski definition) is 1. The highest BCUT2D eigenvalue weighted by atomic mass is 79.9. The quantitative estimate of drug-likeness (QED) is 0.859. The molecule has 0 atom stereocenters. The van der Waals surface area contributed by atoms with Crippen molar-refractivity contribution in [3.05, 3.63) is 28.2 Å². The van der Waals surface area contributed by atoms with E-state index in [0.29, 0.717) is 6.54 Å². The molecule has 2 aromatic rings. The fraction of sp³-hybridized carbons (Fsp3) is 0.417. The maximum absolute atomic E-state index is 5.49. The highest BCUT2D eigenvalue weighted by Gasteiger charge is 2.11. The first kappa shape index (κ1) is 13.2. The van der Waals surface area contributed by atoms with Crippen LogP contribution < -0.4 is 5.73 Å². The number of aryl methyl sites for hydroxylation is 2. The largest absolute Gasteiger partial charge is 0.330 e. The van der Waals surface area contributed by atoms with Gasteiger partial charge in [0.15, 0.2) is 5.82 Å². The molecule has 2 N–H and O–H groups in total. The highest BCUT2D eigenvalue weighted by Crippen LogP contribution is 2.24. The van der Waals surface area contributed by atoms with Crippen LogP contribution in [0.1, 0.15) is 18.4 Å². The second-order valence-corrected chi connectivity index (χ2v) is 5.10. The molecule has 18 heavy (non-hydrogen) atoms. The average Bonchev–Trinajstić information content (AvgIpc) is 2.78. The molecule has 0 aliphatic heterocycles. The second kappa shape index (κ2) is 6.06. The van der Waals surface area contributed by atoms with E-state index in [2.05, 4.69) is 44.4 Å². The molecular weight excluding hydrogens is 294 g/mol. The zero-order valence-electron chi connectivity index (χ0n) is 10.3. The first-order valence-electron chi connectivity index (χ1n) is 5.95. The van der Waals surface area contributed by atoms with Crippen molar-refractivity contribution in [3.63, 3.8) is 0 Å². The Kier molecular flexibility index (Phi) is 4.43. The Morgan fingerprint density at radius 2 is 2.17 bits per heavy atom. The fourth-order valence-corrected chi connectivity index (χ4v) is 2.31. The number of benzene rings is 1. The predicted molar refractivity (Wildman–Crippen MR) is 74.0 cm³/mol. The molecule has 0 aliphatic rings. The fourth-order valence-electron chi connectivity index (χ4n) is 1.83. The smallest absolute Gasteiger partial charge is 0.182 e. The average molecular weight is 310 g/mol. The Labute approximate surface area is 115 Å². The van der Waals surface area contributed by atoms with E-state index in [1.165, 1.54) is 0 Å². The van der Waals surface area contributed by atoms with Crippen molar-refractivity contribution < 1.29 is 0 Å². The van der Waals surface area contributed by atoms with Gasteiger partial charge in [0.2, 0.25) is 0 Å². The van der Waals surface area contributed by atoms with Gasteiger partial charge in [-0.05, 0) is 60.5 Å². The molecule has 0 saturated carbocycles. The monoisotopic (exact) mass is 309 g/mol. The maximum Gasteiger partial charge on any atom is 0.182 e.